The molecule has 0 aromatic rings. The van der Waals surface area contributed by atoms with Crippen LogP contribution in [0.2, 0.25) is 0 Å². The van der Waals surface area contributed by atoms with Gasteiger partial charge in [0.15, 0.2) is 4.51 Å². The van der Waals surface area contributed by atoms with Crippen molar-refractivity contribution in [2.24, 2.45) is 0 Å². The van der Waals surface area contributed by atoms with Gasteiger partial charge in [-0.2, -0.15) is 0 Å². The quantitative estimate of drug-likeness (QED) is 0.372. The summed E-state index contributed by atoms with van der Waals surface area (Å²) in [5.74, 6) is 0.907. The molecule has 1 aliphatic carbocycles. The van der Waals surface area contributed by atoms with Gasteiger partial charge in [-0.15, -0.1) is 0 Å². The fourth-order valence-corrected chi connectivity index (χ4v) is 2.21. The molecule has 0 saturated carbocycles. The second-order valence-corrected chi connectivity index (χ2v) is 5.43. The first-order valence-electron chi connectivity index (χ1n) is 6.57. The van der Waals surface area contributed by atoms with E-state index < -0.39 is 4.51 Å². The normalized spacial score (nSPS) is 23.6. The highest BCUT2D eigenvalue weighted by Crippen LogP contribution is 2.35. The Kier molecular flexibility index (Phi) is 6.90. The maximum absolute atomic E-state index is 5.89. The highest BCUT2D eigenvalue weighted by molar-refractivity contribution is 9.10. The topological polar surface area (TPSA) is 18.5 Å². The summed E-state index contributed by atoms with van der Waals surface area (Å²) in [6.45, 7) is 5.84. The third-order valence-corrected chi connectivity index (χ3v) is 3.56. The Morgan fingerprint density at radius 3 is 2.65 bits per heavy atom. The van der Waals surface area contributed by atoms with Crippen molar-refractivity contribution in [2.75, 3.05) is 13.2 Å². The van der Waals surface area contributed by atoms with Gasteiger partial charge in [0.05, 0.1) is 6.61 Å². The molecule has 98 valence electrons. The minimum Gasteiger partial charge on any atom is -0.494 e. The van der Waals surface area contributed by atoms with Gasteiger partial charge in [-0.3, -0.25) is 0 Å². The van der Waals surface area contributed by atoms with Gasteiger partial charge in [-0.25, -0.2) is 0 Å². The van der Waals surface area contributed by atoms with Crippen molar-refractivity contribution in [2.45, 2.75) is 50.5 Å². The number of ether oxygens (including phenoxy) is 2. The molecule has 0 N–H and O–H groups in total. The minimum absolute atomic E-state index is 0.534. The summed E-state index contributed by atoms with van der Waals surface area (Å²) in [6, 6.07) is 0. The van der Waals surface area contributed by atoms with E-state index in [1.54, 1.807) is 0 Å². The molecule has 0 spiro atoms. The monoisotopic (exact) mass is 302 g/mol. The molecule has 1 unspecified atom stereocenters. The van der Waals surface area contributed by atoms with Gasteiger partial charge >= 0.3 is 0 Å². The number of halogens is 1. The third kappa shape index (κ3) is 4.84. The van der Waals surface area contributed by atoms with Crippen LogP contribution < -0.4 is 0 Å². The fourth-order valence-electron chi connectivity index (χ4n) is 1.58. The van der Waals surface area contributed by atoms with E-state index in [0.717, 1.165) is 51.1 Å². The van der Waals surface area contributed by atoms with E-state index in [2.05, 4.69) is 41.9 Å². The highest BCUT2D eigenvalue weighted by atomic mass is 79.9. The van der Waals surface area contributed by atoms with Crippen LogP contribution in [0.25, 0.3) is 0 Å². The zero-order valence-corrected chi connectivity index (χ0v) is 12.5. The van der Waals surface area contributed by atoms with E-state index in [4.69, 9.17) is 9.47 Å². The van der Waals surface area contributed by atoms with Crippen LogP contribution in [0.3, 0.4) is 0 Å². The van der Waals surface area contributed by atoms with Crippen LogP contribution in [0.5, 0.6) is 0 Å². The summed E-state index contributed by atoms with van der Waals surface area (Å²) >= 11 is 3.64. The van der Waals surface area contributed by atoms with Gasteiger partial charge in [0.1, 0.15) is 5.76 Å². The van der Waals surface area contributed by atoms with Crippen LogP contribution in [0, 0.1) is 0 Å². The lowest BCUT2D eigenvalue weighted by atomic mass is 10.1. The van der Waals surface area contributed by atoms with Gasteiger partial charge in [0.25, 0.3) is 0 Å². The van der Waals surface area contributed by atoms with Crippen LogP contribution in [0.1, 0.15) is 46.0 Å². The second kappa shape index (κ2) is 7.93. The molecular weight excluding hydrogens is 280 g/mol. The molecule has 0 amide bonds. The van der Waals surface area contributed by atoms with E-state index in [0.29, 0.717) is 0 Å². The minimum atomic E-state index is -0.534. The number of hydrogen-bond acceptors (Lipinski definition) is 2. The van der Waals surface area contributed by atoms with Crippen LogP contribution in [0.15, 0.2) is 24.0 Å². The average molecular weight is 303 g/mol. The van der Waals surface area contributed by atoms with Crippen molar-refractivity contribution in [1.82, 2.24) is 0 Å². The van der Waals surface area contributed by atoms with Crippen molar-refractivity contribution in [3.63, 3.8) is 0 Å². The average Bonchev–Trinajstić information content (AvgIpc) is 2.32. The molecule has 3 heteroatoms. The molecule has 17 heavy (non-hydrogen) atoms. The zero-order valence-electron chi connectivity index (χ0n) is 10.9. The maximum Gasteiger partial charge on any atom is 0.198 e. The molecular formula is C14H23BrO2. The lowest BCUT2D eigenvalue weighted by Crippen LogP contribution is -2.29. The number of alkyl halides is 1. The first kappa shape index (κ1) is 14.8. The largest absolute Gasteiger partial charge is 0.494 e. The van der Waals surface area contributed by atoms with Crippen molar-refractivity contribution in [3.05, 3.63) is 24.0 Å². The van der Waals surface area contributed by atoms with E-state index in [9.17, 15) is 0 Å². The number of allylic oxidation sites excluding steroid dienone is 2. The molecule has 1 atom stereocenters. The Morgan fingerprint density at radius 2 is 1.94 bits per heavy atom. The van der Waals surface area contributed by atoms with E-state index >= 15 is 0 Å². The zero-order chi connectivity index (χ0) is 12.6. The third-order valence-electron chi connectivity index (χ3n) is 2.67. The highest BCUT2D eigenvalue weighted by Gasteiger charge is 2.32. The SMILES string of the molecule is CCCCOC1=CCC=CC1(Br)OCCCC. The lowest BCUT2D eigenvalue weighted by molar-refractivity contribution is 0.0347. The first-order valence-corrected chi connectivity index (χ1v) is 7.36. The Balaban J connectivity index is 2.49. The summed E-state index contributed by atoms with van der Waals surface area (Å²) in [5.41, 5.74) is 0. The molecule has 0 saturated heterocycles. The standard InChI is InChI=1S/C14H23BrO2/c1-3-5-11-16-13-9-7-8-10-14(13,15)17-12-6-4-2/h8-10H,3-7,11-12H2,1-2H3. The molecule has 2 nitrogen and oxygen atoms in total. The number of unbranched alkanes of at least 4 members (excludes halogenated alkanes) is 2. The summed E-state index contributed by atoms with van der Waals surface area (Å²) in [7, 11) is 0. The Morgan fingerprint density at radius 1 is 1.24 bits per heavy atom. The van der Waals surface area contributed by atoms with Crippen molar-refractivity contribution >= 4 is 15.9 Å². The van der Waals surface area contributed by atoms with Gasteiger partial charge < -0.3 is 9.47 Å². The van der Waals surface area contributed by atoms with Crippen LogP contribution in [0.4, 0.5) is 0 Å². The Bertz CT molecular complexity index is 273. The summed E-state index contributed by atoms with van der Waals surface area (Å²) in [6.07, 6.45) is 11.6. The molecule has 0 aromatic heterocycles. The molecule has 1 aliphatic rings. The second-order valence-electron chi connectivity index (χ2n) is 4.26. The van der Waals surface area contributed by atoms with Gasteiger partial charge in [0.2, 0.25) is 0 Å². The van der Waals surface area contributed by atoms with Gasteiger partial charge in [-0.05, 0) is 47.3 Å². The van der Waals surface area contributed by atoms with Crippen LogP contribution in [-0.4, -0.2) is 17.7 Å². The summed E-state index contributed by atoms with van der Waals surface area (Å²) < 4.78 is 11.2. The molecule has 0 fully saturated rings. The van der Waals surface area contributed by atoms with Crippen molar-refractivity contribution < 1.29 is 9.47 Å². The summed E-state index contributed by atoms with van der Waals surface area (Å²) in [5, 5.41) is 0. The number of rotatable bonds is 8. The molecule has 1 rings (SSSR count). The molecule has 0 heterocycles. The fraction of sp³-hybridized carbons (Fsp3) is 0.714. The number of hydrogen-bond donors (Lipinski definition) is 0. The van der Waals surface area contributed by atoms with Gasteiger partial charge in [0, 0.05) is 6.61 Å². The molecule has 0 aromatic carbocycles. The molecule has 0 bridgehead atoms. The Labute approximate surface area is 113 Å². The van der Waals surface area contributed by atoms with Crippen molar-refractivity contribution in [3.8, 4) is 0 Å². The van der Waals surface area contributed by atoms with E-state index in [-0.39, 0.29) is 0 Å². The predicted molar refractivity (Wildman–Crippen MR) is 75.2 cm³/mol. The van der Waals surface area contributed by atoms with E-state index in [1.165, 1.54) is 0 Å². The van der Waals surface area contributed by atoms with Crippen LogP contribution in [-0.2, 0) is 9.47 Å². The lowest BCUT2D eigenvalue weighted by Gasteiger charge is -2.29. The van der Waals surface area contributed by atoms with E-state index in [1.807, 2.05) is 6.08 Å². The molecule has 0 aliphatic heterocycles. The maximum atomic E-state index is 5.89. The van der Waals surface area contributed by atoms with Crippen LogP contribution >= 0.6 is 15.9 Å². The predicted octanol–water partition coefficient (Wildman–Crippen LogP) is 4.55. The van der Waals surface area contributed by atoms with Crippen molar-refractivity contribution in [1.29, 1.82) is 0 Å². The first-order chi connectivity index (χ1) is 8.23. The molecule has 0 radical (unpaired) electrons. The summed E-state index contributed by atoms with van der Waals surface area (Å²) in [4.78, 5) is 0. The van der Waals surface area contributed by atoms with Gasteiger partial charge in [-0.1, -0.05) is 32.8 Å². The Hall–Kier alpha value is -0.280. The smallest absolute Gasteiger partial charge is 0.198 e.